The van der Waals surface area contributed by atoms with E-state index in [0.29, 0.717) is 11.3 Å². The fraction of sp³-hybridized carbons (Fsp3) is 0.222. The number of hydrogen-bond acceptors (Lipinski definition) is 4. The van der Waals surface area contributed by atoms with Crippen LogP contribution in [0.1, 0.15) is 41.0 Å². The second-order valence-electron chi connectivity index (χ2n) is 5.56. The molecule has 0 aliphatic heterocycles. The lowest BCUT2D eigenvalue weighted by Crippen LogP contribution is -2.32. The molecule has 0 aliphatic rings. The van der Waals surface area contributed by atoms with E-state index in [0.717, 1.165) is 6.42 Å². The van der Waals surface area contributed by atoms with Crippen LogP contribution in [0.15, 0.2) is 48.5 Å². The Labute approximate surface area is 145 Å². The van der Waals surface area contributed by atoms with Gasteiger partial charge in [-0.1, -0.05) is 31.2 Å². The smallest absolute Gasteiger partial charge is 0.282 e. The van der Waals surface area contributed by atoms with Crippen LogP contribution in [0.2, 0.25) is 0 Å². The number of nitrogens with zero attached hydrogens (tertiary/aromatic N) is 1. The summed E-state index contributed by atoms with van der Waals surface area (Å²) in [5.41, 5.74) is 0.243. The van der Waals surface area contributed by atoms with Crippen molar-refractivity contribution in [1.29, 1.82) is 0 Å². The molecule has 0 saturated heterocycles. The zero-order valence-corrected chi connectivity index (χ0v) is 14.0. The van der Waals surface area contributed by atoms with Crippen LogP contribution in [-0.2, 0) is 0 Å². The first-order chi connectivity index (χ1) is 11.9. The van der Waals surface area contributed by atoms with Crippen molar-refractivity contribution in [2.24, 2.45) is 0 Å². The summed E-state index contributed by atoms with van der Waals surface area (Å²) in [6, 6.07) is 12.2. The first kappa shape index (κ1) is 18.1. The van der Waals surface area contributed by atoms with Gasteiger partial charge in [0.25, 0.3) is 17.5 Å². The number of carbonyl (C=O) groups is 2. The predicted octanol–water partition coefficient (Wildman–Crippen LogP) is 3.38. The third-order valence-corrected chi connectivity index (χ3v) is 3.76. The average molecular weight is 341 g/mol. The summed E-state index contributed by atoms with van der Waals surface area (Å²) in [4.78, 5) is 35.3. The Hall–Kier alpha value is -3.22. The van der Waals surface area contributed by atoms with Crippen molar-refractivity contribution in [2.75, 3.05) is 5.32 Å². The molecule has 0 aromatic heterocycles. The Kier molecular flexibility index (Phi) is 5.84. The predicted molar refractivity (Wildman–Crippen MR) is 94.7 cm³/mol. The highest BCUT2D eigenvalue weighted by atomic mass is 16.6. The summed E-state index contributed by atoms with van der Waals surface area (Å²) < 4.78 is 0. The highest BCUT2D eigenvalue weighted by Crippen LogP contribution is 2.21. The number of para-hydroxylation sites is 2. The highest BCUT2D eigenvalue weighted by Gasteiger charge is 2.21. The zero-order chi connectivity index (χ0) is 18.4. The van der Waals surface area contributed by atoms with Crippen LogP contribution in [0.3, 0.4) is 0 Å². The third kappa shape index (κ3) is 4.41. The lowest BCUT2D eigenvalue weighted by molar-refractivity contribution is -0.385. The van der Waals surface area contributed by atoms with Gasteiger partial charge < -0.3 is 10.6 Å². The Morgan fingerprint density at radius 1 is 1.04 bits per heavy atom. The van der Waals surface area contributed by atoms with Gasteiger partial charge in [-0.3, -0.25) is 19.7 Å². The van der Waals surface area contributed by atoms with Crippen molar-refractivity contribution in [3.05, 3.63) is 69.8 Å². The van der Waals surface area contributed by atoms with E-state index in [1.807, 2.05) is 13.8 Å². The van der Waals surface area contributed by atoms with Crippen molar-refractivity contribution in [1.82, 2.24) is 5.32 Å². The number of carbonyl (C=O) groups excluding carboxylic acids is 2. The maximum atomic E-state index is 12.4. The molecule has 1 atom stereocenters. The Morgan fingerprint density at radius 3 is 2.28 bits per heavy atom. The molecule has 0 bridgehead atoms. The SMILES string of the molecule is CCC(C)NC(=O)c1ccccc1NC(=O)c1ccccc1[N+](=O)[O-]. The van der Waals surface area contributed by atoms with Gasteiger partial charge in [-0.2, -0.15) is 0 Å². The van der Waals surface area contributed by atoms with Gasteiger partial charge in [-0.05, 0) is 31.5 Å². The number of nitro benzene ring substituents is 1. The largest absolute Gasteiger partial charge is 0.350 e. The van der Waals surface area contributed by atoms with Crippen molar-refractivity contribution in [2.45, 2.75) is 26.3 Å². The van der Waals surface area contributed by atoms with Gasteiger partial charge in [-0.15, -0.1) is 0 Å². The Bertz CT molecular complexity index is 804. The minimum atomic E-state index is -0.643. The summed E-state index contributed by atoms with van der Waals surface area (Å²) >= 11 is 0. The van der Waals surface area contributed by atoms with Gasteiger partial charge in [0.1, 0.15) is 5.56 Å². The maximum Gasteiger partial charge on any atom is 0.282 e. The second-order valence-corrected chi connectivity index (χ2v) is 5.56. The molecule has 130 valence electrons. The number of nitrogens with one attached hydrogen (secondary N) is 2. The minimum absolute atomic E-state index is 0.00790. The quantitative estimate of drug-likeness (QED) is 0.621. The molecule has 0 spiro atoms. The highest BCUT2D eigenvalue weighted by molar-refractivity contribution is 6.10. The number of amides is 2. The zero-order valence-electron chi connectivity index (χ0n) is 14.0. The minimum Gasteiger partial charge on any atom is -0.350 e. The average Bonchev–Trinajstić information content (AvgIpc) is 2.61. The van der Waals surface area contributed by atoms with E-state index in [1.54, 1.807) is 30.3 Å². The van der Waals surface area contributed by atoms with Crippen molar-refractivity contribution < 1.29 is 14.5 Å². The maximum absolute atomic E-state index is 12.4. The van der Waals surface area contributed by atoms with E-state index in [2.05, 4.69) is 10.6 Å². The number of nitro groups is 1. The molecule has 7 nitrogen and oxygen atoms in total. The summed E-state index contributed by atoms with van der Waals surface area (Å²) in [7, 11) is 0. The van der Waals surface area contributed by atoms with Crippen LogP contribution < -0.4 is 10.6 Å². The van der Waals surface area contributed by atoms with Gasteiger partial charge in [0.05, 0.1) is 16.2 Å². The van der Waals surface area contributed by atoms with E-state index in [4.69, 9.17) is 0 Å². The number of hydrogen-bond donors (Lipinski definition) is 2. The fourth-order valence-electron chi connectivity index (χ4n) is 2.21. The van der Waals surface area contributed by atoms with Crippen molar-refractivity contribution in [3.63, 3.8) is 0 Å². The first-order valence-electron chi connectivity index (χ1n) is 7.88. The Morgan fingerprint density at radius 2 is 1.64 bits per heavy atom. The monoisotopic (exact) mass is 341 g/mol. The lowest BCUT2D eigenvalue weighted by atomic mass is 10.1. The van der Waals surface area contributed by atoms with E-state index in [9.17, 15) is 19.7 Å². The van der Waals surface area contributed by atoms with Gasteiger partial charge in [0.15, 0.2) is 0 Å². The molecule has 2 rings (SSSR count). The van der Waals surface area contributed by atoms with Crippen LogP contribution in [0.4, 0.5) is 11.4 Å². The summed E-state index contributed by atoms with van der Waals surface area (Å²) in [6.07, 6.45) is 0.774. The van der Waals surface area contributed by atoms with Crippen LogP contribution in [0, 0.1) is 10.1 Å². The molecule has 0 aliphatic carbocycles. The van der Waals surface area contributed by atoms with Crippen LogP contribution >= 0.6 is 0 Å². The molecule has 0 radical (unpaired) electrons. The molecule has 1 unspecified atom stereocenters. The number of rotatable bonds is 6. The third-order valence-electron chi connectivity index (χ3n) is 3.76. The van der Waals surface area contributed by atoms with Crippen LogP contribution in [0.5, 0.6) is 0 Å². The molecule has 0 fully saturated rings. The van der Waals surface area contributed by atoms with Crippen LogP contribution in [0.25, 0.3) is 0 Å². The summed E-state index contributed by atoms with van der Waals surface area (Å²) in [6.45, 7) is 3.83. The molecule has 0 saturated carbocycles. The first-order valence-corrected chi connectivity index (χ1v) is 7.88. The summed E-state index contributed by atoms with van der Waals surface area (Å²) in [5.74, 6) is -0.955. The molecule has 2 amide bonds. The number of benzene rings is 2. The topological polar surface area (TPSA) is 101 Å². The summed E-state index contributed by atoms with van der Waals surface area (Å²) in [5, 5.41) is 16.5. The molecule has 2 N–H and O–H groups in total. The molecule has 2 aromatic carbocycles. The molecule has 25 heavy (non-hydrogen) atoms. The van der Waals surface area contributed by atoms with Gasteiger partial charge in [0, 0.05) is 12.1 Å². The normalized spacial score (nSPS) is 11.4. The fourth-order valence-corrected chi connectivity index (χ4v) is 2.21. The Balaban J connectivity index is 2.28. The van der Waals surface area contributed by atoms with Gasteiger partial charge >= 0.3 is 0 Å². The molecule has 2 aromatic rings. The van der Waals surface area contributed by atoms with Gasteiger partial charge in [0.2, 0.25) is 0 Å². The van der Waals surface area contributed by atoms with Crippen molar-refractivity contribution in [3.8, 4) is 0 Å². The van der Waals surface area contributed by atoms with Crippen LogP contribution in [-0.4, -0.2) is 22.8 Å². The molecule has 0 heterocycles. The molecular weight excluding hydrogens is 322 g/mol. The second kappa shape index (κ2) is 8.05. The number of anilines is 1. The molecular formula is C18H19N3O4. The van der Waals surface area contributed by atoms with E-state index >= 15 is 0 Å². The van der Waals surface area contributed by atoms with Gasteiger partial charge in [-0.25, -0.2) is 0 Å². The van der Waals surface area contributed by atoms with E-state index < -0.39 is 10.8 Å². The van der Waals surface area contributed by atoms with E-state index in [1.165, 1.54) is 18.2 Å². The van der Waals surface area contributed by atoms with Crippen molar-refractivity contribution >= 4 is 23.2 Å². The lowest BCUT2D eigenvalue weighted by Gasteiger charge is -2.14. The standard InChI is InChI=1S/C18H19N3O4/c1-3-12(2)19-17(22)13-8-4-6-10-15(13)20-18(23)14-9-5-7-11-16(14)21(24)25/h4-12H,3H2,1-2H3,(H,19,22)(H,20,23). The molecule has 7 heteroatoms. The van der Waals surface area contributed by atoms with E-state index in [-0.39, 0.29) is 23.2 Å².